The zero-order valence-electron chi connectivity index (χ0n) is 20.0. The first kappa shape index (κ1) is 24.3. The smallest absolute Gasteiger partial charge is 0.265 e. The SMILES string of the molecule is CCN1C(C(=O)c2ccccc2)=C(NC(=O)COc2cccc3ccccc23)c2ccccc2S1(=O)=O. The van der Waals surface area contributed by atoms with Crippen LogP contribution < -0.4 is 10.1 Å². The molecule has 0 bridgehead atoms. The normalized spacial score (nSPS) is 14.2. The summed E-state index contributed by atoms with van der Waals surface area (Å²) in [5, 5.41) is 4.62. The summed E-state index contributed by atoms with van der Waals surface area (Å²) in [6, 6.07) is 28.0. The van der Waals surface area contributed by atoms with Crippen LogP contribution in [-0.4, -0.2) is 37.6 Å². The number of likely N-dealkylation sites (N-methyl/N-ethyl adjacent to an activating group) is 1. The summed E-state index contributed by atoms with van der Waals surface area (Å²) < 4.78 is 33.8. The highest BCUT2D eigenvalue weighted by molar-refractivity contribution is 7.89. The second-order valence-corrected chi connectivity index (χ2v) is 10.2. The number of carbonyl (C=O) groups excluding carboxylic acids is 2. The van der Waals surface area contributed by atoms with Gasteiger partial charge < -0.3 is 10.1 Å². The number of rotatable bonds is 7. The molecule has 4 aromatic rings. The Bertz CT molecular complexity index is 1640. The molecule has 0 atom stereocenters. The molecule has 0 fully saturated rings. The molecule has 5 rings (SSSR count). The summed E-state index contributed by atoms with van der Waals surface area (Å²) in [5.41, 5.74) is 0.591. The average Bonchev–Trinajstić information content (AvgIpc) is 2.93. The van der Waals surface area contributed by atoms with Crippen molar-refractivity contribution in [1.82, 2.24) is 9.62 Å². The van der Waals surface area contributed by atoms with Crippen LogP contribution in [0.2, 0.25) is 0 Å². The third-order valence-corrected chi connectivity index (χ3v) is 8.05. The van der Waals surface area contributed by atoms with Crippen molar-refractivity contribution in [3.8, 4) is 5.75 Å². The maximum absolute atomic E-state index is 13.6. The fourth-order valence-corrected chi connectivity index (χ4v) is 6.13. The van der Waals surface area contributed by atoms with Crippen LogP contribution >= 0.6 is 0 Å². The number of fused-ring (bicyclic) bond motifs is 2. The van der Waals surface area contributed by atoms with Gasteiger partial charge in [-0.2, -0.15) is 0 Å². The number of benzene rings is 4. The maximum atomic E-state index is 13.6. The summed E-state index contributed by atoms with van der Waals surface area (Å²) in [6.45, 7) is 1.33. The van der Waals surface area contributed by atoms with Crippen molar-refractivity contribution in [2.45, 2.75) is 11.8 Å². The highest BCUT2D eigenvalue weighted by atomic mass is 32.2. The van der Waals surface area contributed by atoms with Crippen molar-refractivity contribution < 1.29 is 22.7 Å². The topological polar surface area (TPSA) is 92.8 Å². The zero-order valence-corrected chi connectivity index (χ0v) is 20.9. The Morgan fingerprint density at radius 3 is 2.30 bits per heavy atom. The third-order valence-electron chi connectivity index (χ3n) is 6.12. The van der Waals surface area contributed by atoms with E-state index in [2.05, 4.69) is 5.32 Å². The van der Waals surface area contributed by atoms with E-state index in [9.17, 15) is 18.0 Å². The van der Waals surface area contributed by atoms with Crippen LogP contribution in [0.5, 0.6) is 5.75 Å². The van der Waals surface area contributed by atoms with Crippen LogP contribution in [0.3, 0.4) is 0 Å². The van der Waals surface area contributed by atoms with Gasteiger partial charge in [-0.25, -0.2) is 8.42 Å². The number of carbonyl (C=O) groups is 2. The van der Waals surface area contributed by atoms with Crippen molar-refractivity contribution in [2.75, 3.05) is 13.2 Å². The first-order valence-electron chi connectivity index (χ1n) is 11.8. The van der Waals surface area contributed by atoms with Gasteiger partial charge in [0.05, 0.1) is 10.6 Å². The van der Waals surface area contributed by atoms with E-state index in [-0.39, 0.29) is 35.0 Å². The van der Waals surface area contributed by atoms with Crippen LogP contribution in [-0.2, 0) is 14.8 Å². The number of ether oxygens (including phenoxy) is 1. The molecule has 7 nitrogen and oxygen atoms in total. The quantitative estimate of drug-likeness (QED) is 0.365. The third kappa shape index (κ3) is 4.47. The van der Waals surface area contributed by atoms with Gasteiger partial charge in [0.25, 0.3) is 15.9 Å². The number of allylic oxidation sites excluding steroid dienone is 1. The standard InChI is InChI=1S/C29H24N2O5S/c1-2-31-28(29(33)21-12-4-3-5-13-21)27(23-16-8-9-18-25(23)37(31,34)35)30-26(32)19-36-24-17-10-14-20-11-6-7-15-22(20)24/h3-18H,2,19H2,1H3,(H,30,32). The molecule has 4 aromatic carbocycles. The van der Waals surface area contributed by atoms with Crippen LogP contribution in [0.1, 0.15) is 22.8 Å². The monoisotopic (exact) mass is 512 g/mol. The van der Waals surface area contributed by atoms with E-state index < -0.39 is 21.7 Å². The lowest BCUT2D eigenvalue weighted by Gasteiger charge is -2.33. The summed E-state index contributed by atoms with van der Waals surface area (Å²) >= 11 is 0. The molecule has 0 saturated carbocycles. The molecule has 1 heterocycles. The van der Waals surface area contributed by atoms with E-state index in [4.69, 9.17) is 4.74 Å². The molecular formula is C29H24N2O5S. The van der Waals surface area contributed by atoms with Gasteiger partial charge in [0.1, 0.15) is 11.4 Å². The molecule has 8 heteroatoms. The number of nitrogens with one attached hydrogen (secondary N) is 1. The Morgan fingerprint density at radius 1 is 0.838 bits per heavy atom. The summed E-state index contributed by atoms with van der Waals surface area (Å²) in [6.07, 6.45) is 0. The average molecular weight is 513 g/mol. The zero-order chi connectivity index (χ0) is 26.0. The van der Waals surface area contributed by atoms with Gasteiger partial charge in [-0.3, -0.25) is 13.9 Å². The minimum Gasteiger partial charge on any atom is -0.483 e. The van der Waals surface area contributed by atoms with Crippen molar-refractivity contribution in [3.63, 3.8) is 0 Å². The molecule has 0 spiro atoms. The molecule has 0 unspecified atom stereocenters. The minimum atomic E-state index is -4.01. The Labute approximate surface area is 215 Å². The van der Waals surface area contributed by atoms with E-state index >= 15 is 0 Å². The lowest BCUT2D eigenvalue weighted by Crippen LogP contribution is -2.41. The second kappa shape index (κ2) is 9.91. The minimum absolute atomic E-state index is 0.0104. The number of amides is 1. The van der Waals surface area contributed by atoms with Gasteiger partial charge in [-0.05, 0) is 24.4 Å². The lowest BCUT2D eigenvalue weighted by atomic mass is 10.0. The Balaban J connectivity index is 1.54. The van der Waals surface area contributed by atoms with Gasteiger partial charge >= 0.3 is 0 Å². The summed E-state index contributed by atoms with van der Waals surface area (Å²) in [7, 11) is -4.01. The van der Waals surface area contributed by atoms with Gasteiger partial charge in [0.2, 0.25) is 5.78 Å². The lowest BCUT2D eigenvalue weighted by molar-refractivity contribution is -0.121. The molecule has 1 N–H and O–H groups in total. The van der Waals surface area contributed by atoms with E-state index in [0.717, 1.165) is 15.1 Å². The van der Waals surface area contributed by atoms with E-state index in [1.165, 1.54) is 6.07 Å². The van der Waals surface area contributed by atoms with E-state index in [1.807, 2.05) is 36.4 Å². The second-order valence-electron chi connectivity index (χ2n) is 8.40. The highest BCUT2D eigenvalue weighted by Crippen LogP contribution is 2.36. The van der Waals surface area contributed by atoms with Gasteiger partial charge in [0.15, 0.2) is 6.61 Å². The van der Waals surface area contributed by atoms with Crippen LogP contribution in [0.25, 0.3) is 16.5 Å². The number of nitrogens with zero attached hydrogens (tertiary/aromatic N) is 1. The maximum Gasteiger partial charge on any atom is 0.265 e. The molecule has 0 radical (unpaired) electrons. The largest absolute Gasteiger partial charge is 0.483 e. The van der Waals surface area contributed by atoms with Crippen molar-refractivity contribution in [1.29, 1.82) is 0 Å². The molecule has 0 saturated heterocycles. The molecule has 37 heavy (non-hydrogen) atoms. The van der Waals surface area contributed by atoms with Crippen molar-refractivity contribution in [3.05, 3.63) is 114 Å². The Hall–Kier alpha value is -4.43. The van der Waals surface area contributed by atoms with Crippen LogP contribution in [0.15, 0.2) is 108 Å². The molecule has 0 aliphatic carbocycles. The van der Waals surface area contributed by atoms with Crippen LogP contribution in [0.4, 0.5) is 0 Å². The summed E-state index contributed by atoms with van der Waals surface area (Å²) in [5.74, 6) is -0.484. The molecular weight excluding hydrogens is 488 g/mol. The van der Waals surface area contributed by atoms with Crippen molar-refractivity contribution >= 4 is 38.2 Å². The fraction of sp³-hybridized carbons (Fsp3) is 0.103. The Kier molecular flexibility index (Phi) is 6.50. The van der Waals surface area contributed by atoms with Gasteiger partial charge in [-0.1, -0.05) is 84.9 Å². The summed E-state index contributed by atoms with van der Waals surface area (Å²) in [4.78, 5) is 26.8. The number of sulfonamides is 1. The predicted octanol–water partition coefficient (Wildman–Crippen LogP) is 4.61. The molecule has 1 aliphatic rings. The van der Waals surface area contributed by atoms with Gasteiger partial charge in [-0.15, -0.1) is 0 Å². The molecule has 186 valence electrons. The first-order chi connectivity index (χ1) is 17.9. The Morgan fingerprint density at radius 2 is 1.51 bits per heavy atom. The number of ketones is 1. The highest BCUT2D eigenvalue weighted by Gasteiger charge is 2.39. The molecule has 1 amide bonds. The van der Waals surface area contributed by atoms with E-state index in [1.54, 1.807) is 61.5 Å². The van der Waals surface area contributed by atoms with Crippen LogP contribution in [0, 0.1) is 0 Å². The molecule has 0 aromatic heterocycles. The molecule has 1 aliphatic heterocycles. The first-order valence-corrected chi connectivity index (χ1v) is 13.2. The van der Waals surface area contributed by atoms with E-state index in [0.29, 0.717) is 11.3 Å². The number of hydrogen-bond donors (Lipinski definition) is 1. The van der Waals surface area contributed by atoms with Gasteiger partial charge in [0, 0.05) is 23.1 Å². The van der Waals surface area contributed by atoms with Crippen molar-refractivity contribution in [2.24, 2.45) is 0 Å². The fourth-order valence-electron chi connectivity index (χ4n) is 4.44. The predicted molar refractivity (Wildman–Crippen MR) is 141 cm³/mol. The number of Topliss-reactive ketones (excluding diaryl/α,β-unsaturated/α-hetero) is 1. The number of hydrogen-bond acceptors (Lipinski definition) is 5.